The van der Waals surface area contributed by atoms with Crippen molar-refractivity contribution in [3.63, 3.8) is 0 Å². The molecule has 0 aliphatic carbocycles. The van der Waals surface area contributed by atoms with E-state index in [1.165, 1.54) is 6.20 Å². The molecular formula is C18H18FN3O4. The average molecular weight is 359 g/mol. The molecule has 1 aromatic carbocycles. The van der Waals surface area contributed by atoms with Crippen molar-refractivity contribution in [2.75, 3.05) is 24.6 Å². The molecule has 3 unspecified atom stereocenters. The number of halogens is 1. The summed E-state index contributed by atoms with van der Waals surface area (Å²) in [5.41, 5.74) is -0.234. The lowest BCUT2D eigenvalue weighted by atomic mass is 10.1. The van der Waals surface area contributed by atoms with Crippen LogP contribution >= 0.6 is 0 Å². The maximum atomic E-state index is 15.0. The number of aromatic carboxylic acids is 1. The molecule has 0 amide bonds. The third-order valence-corrected chi connectivity index (χ3v) is 5.80. The summed E-state index contributed by atoms with van der Waals surface area (Å²) in [5, 5.41) is 12.7. The molecule has 0 bridgehead atoms. The second-order valence-corrected chi connectivity index (χ2v) is 7.67. The van der Waals surface area contributed by atoms with Crippen molar-refractivity contribution in [3.8, 4) is 5.75 Å². The summed E-state index contributed by atoms with van der Waals surface area (Å²) in [6, 6.07) is 1.32. The minimum absolute atomic E-state index is 0.0110. The number of carboxylic acids is 1. The number of nitrogens with one attached hydrogen (secondary N) is 1. The zero-order chi connectivity index (χ0) is 18.4. The Kier molecular flexibility index (Phi) is 2.86. The number of hydrogen-bond acceptors (Lipinski definition) is 5. The van der Waals surface area contributed by atoms with Gasteiger partial charge < -0.3 is 24.6 Å². The highest BCUT2D eigenvalue weighted by molar-refractivity contribution is 5.97. The highest BCUT2D eigenvalue weighted by Gasteiger charge is 2.56. The standard InChI is InChI=1S/C18H18FN3O4/c1-8-6-26-16-13-9(15(23)10(17(24)25)4-22(8)13)3-11(19)14(16)21-5-12-18(2,7-21)20-12/h3-4,8,12,20H,5-7H2,1-2H3,(H,24,25). The summed E-state index contributed by atoms with van der Waals surface area (Å²) in [7, 11) is 0. The molecule has 8 heteroatoms. The number of carboxylic acid groups (broad SMARTS) is 1. The first kappa shape index (κ1) is 15.6. The smallest absolute Gasteiger partial charge is 0.341 e. The SMILES string of the molecule is CC1COc2c(N3CC4NC4(C)C3)c(F)cc3c(=O)c(C(=O)O)cn1c23. The molecule has 2 N–H and O–H groups in total. The number of hydrogen-bond donors (Lipinski definition) is 2. The van der Waals surface area contributed by atoms with E-state index in [-0.39, 0.29) is 29.1 Å². The van der Waals surface area contributed by atoms with Crippen molar-refractivity contribution in [2.45, 2.75) is 31.5 Å². The molecule has 2 saturated heterocycles. The Morgan fingerprint density at radius 3 is 2.92 bits per heavy atom. The van der Waals surface area contributed by atoms with Crippen LogP contribution in [-0.2, 0) is 0 Å². The second kappa shape index (κ2) is 4.76. The minimum atomic E-state index is -1.32. The third kappa shape index (κ3) is 1.90. The van der Waals surface area contributed by atoms with Gasteiger partial charge in [0.1, 0.15) is 17.9 Å². The quantitative estimate of drug-likeness (QED) is 0.786. The van der Waals surface area contributed by atoms with E-state index in [0.717, 1.165) is 6.07 Å². The predicted octanol–water partition coefficient (Wildman–Crippen LogP) is 1.34. The number of anilines is 1. The van der Waals surface area contributed by atoms with Crippen LogP contribution in [0.1, 0.15) is 30.2 Å². The number of aromatic nitrogens is 1. The first-order valence-corrected chi connectivity index (χ1v) is 8.60. The summed E-state index contributed by atoms with van der Waals surface area (Å²) < 4.78 is 22.6. The van der Waals surface area contributed by atoms with Gasteiger partial charge in [-0.05, 0) is 19.9 Å². The van der Waals surface area contributed by atoms with Crippen molar-refractivity contribution >= 4 is 22.6 Å². The number of piperazine rings is 1. The fourth-order valence-corrected chi connectivity index (χ4v) is 4.27. The highest BCUT2D eigenvalue weighted by Crippen LogP contribution is 2.46. The molecule has 4 heterocycles. The van der Waals surface area contributed by atoms with Gasteiger partial charge in [-0.1, -0.05) is 0 Å². The molecule has 1 aromatic heterocycles. The minimum Gasteiger partial charge on any atom is -0.487 e. The molecule has 26 heavy (non-hydrogen) atoms. The predicted molar refractivity (Wildman–Crippen MR) is 92.9 cm³/mol. The lowest BCUT2D eigenvalue weighted by Crippen LogP contribution is -2.33. The molecule has 0 spiro atoms. The lowest BCUT2D eigenvalue weighted by Gasteiger charge is -2.31. The van der Waals surface area contributed by atoms with Gasteiger partial charge in [-0.25, -0.2) is 9.18 Å². The van der Waals surface area contributed by atoms with Crippen LogP contribution in [0.2, 0.25) is 0 Å². The van der Waals surface area contributed by atoms with E-state index in [1.807, 2.05) is 11.8 Å². The highest BCUT2D eigenvalue weighted by atomic mass is 19.1. The molecule has 5 rings (SSSR count). The van der Waals surface area contributed by atoms with Crippen LogP contribution in [0.4, 0.5) is 10.1 Å². The first-order chi connectivity index (χ1) is 12.3. The van der Waals surface area contributed by atoms with Crippen molar-refractivity contribution < 1.29 is 19.0 Å². The van der Waals surface area contributed by atoms with E-state index >= 15 is 4.39 Å². The summed E-state index contributed by atoms with van der Waals surface area (Å²) in [6.07, 6.45) is 1.34. The summed E-state index contributed by atoms with van der Waals surface area (Å²) >= 11 is 0. The van der Waals surface area contributed by atoms with Gasteiger partial charge >= 0.3 is 5.97 Å². The molecule has 7 nitrogen and oxygen atoms in total. The van der Waals surface area contributed by atoms with Gasteiger partial charge in [0.05, 0.1) is 22.5 Å². The number of carbonyl (C=O) groups is 1. The third-order valence-electron chi connectivity index (χ3n) is 5.80. The first-order valence-electron chi connectivity index (χ1n) is 8.60. The van der Waals surface area contributed by atoms with Crippen LogP contribution in [0.3, 0.4) is 0 Å². The molecule has 0 saturated carbocycles. The van der Waals surface area contributed by atoms with E-state index in [4.69, 9.17) is 4.74 Å². The molecule has 3 atom stereocenters. The maximum absolute atomic E-state index is 15.0. The van der Waals surface area contributed by atoms with E-state index in [1.54, 1.807) is 4.57 Å². The normalized spacial score (nSPS) is 28.8. The van der Waals surface area contributed by atoms with Crippen molar-refractivity contribution in [2.24, 2.45) is 0 Å². The molecule has 2 aromatic rings. The Labute approximate surface area is 148 Å². The second-order valence-electron chi connectivity index (χ2n) is 7.67. The zero-order valence-corrected chi connectivity index (χ0v) is 14.4. The zero-order valence-electron chi connectivity index (χ0n) is 14.4. The van der Waals surface area contributed by atoms with Crippen molar-refractivity contribution in [3.05, 3.63) is 33.9 Å². The molecular weight excluding hydrogens is 341 g/mol. The molecule has 136 valence electrons. The Morgan fingerprint density at radius 1 is 1.50 bits per heavy atom. The fourth-order valence-electron chi connectivity index (χ4n) is 4.27. The Hall–Kier alpha value is -2.61. The van der Waals surface area contributed by atoms with Crippen LogP contribution in [0.25, 0.3) is 10.9 Å². The topological polar surface area (TPSA) is 93.7 Å². The Bertz CT molecular complexity index is 1050. The van der Waals surface area contributed by atoms with Crippen molar-refractivity contribution in [1.29, 1.82) is 0 Å². The van der Waals surface area contributed by atoms with Gasteiger partial charge in [-0.3, -0.25) is 4.79 Å². The van der Waals surface area contributed by atoms with Gasteiger partial charge in [0.15, 0.2) is 11.6 Å². The van der Waals surface area contributed by atoms with E-state index in [9.17, 15) is 14.7 Å². The monoisotopic (exact) mass is 359 g/mol. The molecule has 3 aliphatic rings. The summed E-state index contributed by atoms with van der Waals surface area (Å²) in [5.74, 6) is -1.54. The Morgan fingerprint density at radius 2 is 2.27 bits per heavy atom. The van der Waals surface area contributed by atoms with Gasteiger partial charge in [0.25, 0.3) is 0 Å². The fraction of sp³-hybridized carbons (Fsp3) is 0.444. The van der Waals surface area contributed by atoms with Crippen LogP contribution in [0.5, 0.6) is 5.75 Å². The van der Waals surface area contributed by atoms with Gasteiger partial charge in [0, 0.05) is 25.3 Å². The number of nitrogens with zero attached hydrogens (tertiary/aromatic N) is 2. The van der Waals surface area contributed by atoms with Crippen LogP contribution < -0.4 is 20.4 Å². The van der Waals surface area contributed by atoms with Crippen molar-refractivity contribution in [1.82, 2.24) is 9.88 Å². The van der Waals surface area contributed by atoms with Crippen LogP contribution in [-0.4, -0.2) is 46.9 Å². The van der Waals surface area contributed by atoms with Gasteiger partial charge in [-0.2, -0.15) is 0 Å². The molecule has 2 fully saturated rings. The number of ether oxygens (including phenoxy) is 1. The maximum Gasteiger partial charge on any atom is 0.341 e. The van der Waals surface area contributed by atoms with Crippen LogP contribution in [0.15, 0.2) is 17.1 Å². The summed E-state index contributed by atoms with van der Waals surface area (Å²) in [4.78, 5) is 25.9. The molecule has 3 aliphatic heterocycles. The van der Waals surface area contributed by atoms with Gasteiger partial charge in [-0.15, -0.1) is 0 Å². The lowest BCUT2D eigenvalue weighted by molar-refractivity contribution is 0.0694. The van der Waals surface area contributed by atoms with E-state index in [2.05, 4.69) is 12.2 Å². The van der Waals surface area contributed by atoms with E-state index in [0.29, 0.717) is 36.1 Å². The number of pyridine rings is 1. The van der Waals surface area contributed by atoms with Crippen LogP contribution in [0, 0.1) is 5.82 Å². The number of rotatable bonds is 2. The Balaban J connectivity index is 1.80. The van der Waals surface area contributed by atoms with E-state index < -0.39 is 17.2 Å². The average Bonchev–Trinajstić information content (AvgIpc) is 3.09. The molecule has 0 radical (unpaired) electrons. The van der Waals surface area contributed by atoms with Gasteiger partial charge in [0.2, 0.25) is 5.43 Å². The summed E-state index contributed by atoms with van der Waals surface area (Å²) in [6.45, 7) is 5.58. The largest absolute Gasteiger partial charge is 0.487 e. The number of fused-ring (bicyclic) bond motifs is 1. The number of benzene rings is 1.